The van der Waals surface area contributed by atoms with Crippen LogP contribution in [0.3, 0.4) is 0 Å². The van der Waals surface area contributed by atoms with E-state index in [1.807, 2.05) is 49.3 Å². The topological polar surface area (TPSA) is 66.9 Å². The molecule has 1 amide bonds. The third-order valence-electron chi connectivity index (χ3n) is 6.69. The van der Waals surface area contributed by atoms with Gasteiger partial charge in [0.1, 0.15) is 0 Å². The van der Waals surface area contributed by atoms with Crippen molar-refractivity contribution in [2.75, 3.05) is 26.2 Å². The van der Waals surface area contributed by atoms with Crippen LogP contribution in [0.25, 0.3) is 0 Å². The van der Waals surface area contributed by atoms with Crippen molar-refractivity contribution < 1.29 is 17.9 Å². The lowest BCUT2D eigenvalue weighted by atomic mass is 9.96. The third kappa shape index (κ3) is 5.50. The van der Waals surface area contributed by atoms with Gasteiger partial charge in [0.15, 0.2) is 0 Å². The highest BCUT2D eigenvalue weighted by Gasteiger charge is 2.36. The van der Waals surface area contributed by atoms with E-state index >= 15 is 0 Å². The molecule has 2 saturated heterocycles. The number of hydrogen-bond acceptors (Lipinski definition) is 5. The van der Waals surface area contributed by atoms with Gasteiger partial charge in [-0.05, 0) is 69.0 Å². The SMILES string of the molecule is Cc1cc(C)c(S(=O)(=O)N2CCC(C(=O)N(Cc3cccs3)CC3CCCO3)CC2)c(C)c1. The third-order valence-corrected chi connectivity index (χ3v) is 9.76. The quantitative estimate of drug-likeness (QED) is 0.581. The minimum Gasteiger partial charge on any atom is -0.376 e. The van der Waals surface area contributed by atoms with Gasteiger partial charge in [0.05, 0.1) is 17.5 Å². The second kappa shape index (κ2) is 10.3. The summed E-state index contributed by atoms with van der Waals surface area (Å²) in [5, 5.41) is 2.03. The van der Waals surface area contributed by atoms with Crippen LogP contribution in [0.5, 0.6) is 0 Å². The largest absolute Gasteiger partial charge is 0.376 e. The summed E-state index contributed by atoms with van der Waals surface area (Å²) in [5.41, 5.74) is 2.62. The molecular formula is C25H34N2O4S2. The number of thiophene rings is 1. The summed E-state index contributed by atoms with van der Waals surface area (Å²) >= 11 is 1.66. The number of amides is 1. The molecule has 0 saturated carbocycles. The number of ether oxygens (including phenoxy) is 1. The fourth-order valence-electron chi connectivity index (χ4n) is 5.16. The van der Waals surface area contributed by atoms with E-state index in [-0.39, 0.29) is 17.9 Å². The van der Waals surface area contributed by atoms with Gasteiger partial charge in [-0.25, -0.2) is 8.42 Å². The average Bonchev–Trinajstić information content (AvgIpc) is 3.46. The molecule has 180 valence electrons. The molecule has 33 heavy (non-hydrogen) atoms. The van der Waals surface area contributed by atoms with Gasteiger partial charge in [-0.1, -0.05) is 23.8 Å². The molecular weight excluding hydrogens is 456 g/mol. The van der Waals surface area contributed by atoms with Crippen molar-refractivity contribution in [1.29, 1.82) is 0 Å². The van der Waals surface area contributed by atoms with Gasteiger partial charge in [-0.2, -0.15) is 4.31 Å². The summed E-state index contributed by atoms with van der Waals surface area (Å²) in [5.74, 6) is -0.0309. The van der Waals surface area contributed by atoms with Gasteiger partial charge < -0.3 is 9.64 Å². The molecule has 2 aromatic rings. The zero-order chi connectivity index (χ0) is 23.6. The zero-order valence-corrected chi connectivity index (χ0v) is 21.4. The Balaban J connectivity index is 1.44. The molecule has 4 rings (SSSR count). The minimum atomic E-state index is -3.58. The summed E-state index contributed by atoms with van der Waals surface area (Å²) < 4.78 is 34.2. The molecule has 6 nitrogen and oxygen atoms in total. The van der Waals surface area contributed by atoms with Crippen LogP contribution in [0, 0.1) is 26.7 Å². The van der Waals surface area contributed by atoms with Crippen LogP contribution < -0.4 is 0 Å². The van der Waals surface area contributed by atoms with E-state index in [0.29, 0.717) is 43.9 Å². The molecule has 1 atom stereocenters. The molecule has 0 aliphatic carbocycles. The molecule has 0 bridgehead atoms. The Hall–Kier alpha value is -1.74. The molecule has 1 aromatic heterocycles. The Labute approximate surface area is 201 Å². The van der Waals surface area contributed by atoms with Crippen LogP contribution in [0.1, 0.15) is 47.3 Å². The zero-order valence-electron chi connectivity index (χ0n) is 19.7. The number of carbonyl (C=O) groups is 1. The van der Waals surface area contributed by atoms with E-state index in [1.165, 1.54) is 0 Å². The first-order valence-corrected chi connectivity index (χ1v) is 14.1. The summed E-state index contributed by atoms with van der Waals surface area (Å²) in [6.45, 7) is 8.41. The number of carbonyl (C=O) groups excluding carboxylic acids is 1. The van der Waals surface area contributed by atoms with Crippen LogP contribution in [0.2, 0.25) is 0 Å². The number of nitrogens with zero attached hydrogens (tertiary/aromatic N) is 2. The molecule has 8 heteroatoms. The summed E-state index contributed by atoms with van der Waals surface area (Å²) in [6, 6.07) is 7.91. The minimum absolute atomic E-state index is 0.0990. The van der Waals surface area contributed by atoms with E-state index in [2.05, 4.69) is 6.07 Å². The number of hydrogen-bond donors (Lipinski definition) is 0. The van der Waals surface area contributed by atoms with Gasteiger partial charge >= 0.3 is 0 Å². The fourth-order valence-corrected chi connectivity index (χ4v) is 7.76. The Morgan fingerprint density at radius 3 is 2.42 bits per heavy atom. The van der Waals surface area contributed by atoms with Crippen molar-refractivity contribution in [3.8, 4) is 0 Å². The van der Waals surface area contributed by atoms with Gasteiger partial charge in [0, 0.05) is 37.0 Å². The number of benzene rings is 1. The van der Waals surface area contributed by atoms with Crippen molar-refractivity contribution in [2.45, 2.75) is 64.0 Å². The van der Waals surface area contributed by atoms with Crippen LogP contribution in [0.15, 0.2) is 34.5 Å². The summed E-state index contributed by atoms with van der Waals surface area (Å²) in [7, 11) is -3.58. The first kappa shape index (κ1) is 24.4. The van der Waals surface area contributed by atoms with Crippen molar-refractivity contribution in [3.63, 3.8) is 0 Å². The Bertz CT molecular complexity index is 1040. The number of sulfonamides is 1. The molecule has 0 spiro atoms. The molecule has 1 aromatic carbocycles. The van der Waals surface area contributed by atoms with Crippen LogP contribution in [0.4, 0.5) is 0 Å². The normalized spacial score (nSPS) is 20.3. The fraction of sp³-hybridized carbons (Fsp3) is 0.560. The molecule has 2 aliphatic rings. The van der Waals surface area contributed by atoms with E-state index in [1.54, 1.807) is 15.6 Å². The average molecular weight is 491 g/mol. The molecule has 2 fully saturated rings. The maximum Gasteiger partial charge on any atom is 0.243 e. The van der Waals surface area contributed by atoms with E-state index in [0.717, 1.165) is 41.0 Å². The molecule has 2 aliphatic heterocycles. The van der Waals surface area contributed by atoms with Crippen LogP contribution >= 0.6 is 11.3 Å². The number of piperidine rings is 1. The van der Waals surface area contributed by atoms with E-state index in [9.17, 15) is 13.2 Å². The predicted molar refractivity (Wildman–Crippen MR) is 131 cm³/mol. The summed E-state index contributed by atoms with van der Waals surface area (Å²) in [4.78, 5) is 17.0. The summed E-state index contributed by atoms with van der Waals surface area (Å²) in [6.07, 6.45) is 3.23. The number of aryl methyl sites for hydroxylation is 3. The van der Waals surface area contributed by atoms with Crippen molar-refractivity contribution >= 4 is 27.3 Å². The monoisotopic (exact) mass is 490 g/mol. The van der Waals surface area contributed by atoms with E-state index in [4.69, 9.17) is 4.74 Å². The van der Waals surface area contributed by atoms with Crippen LogP contribution in [-0.4, -0.2) is 55.9 Å². The highest BCUT2D eigenvalue weighted by atomic mass is 32.2. The lowest BCUT2D eigenvalue weighted by Gasteiger charge is -2.34. The van der Waals surface area contributed by atoms with Crippen molar-refractivity contribution in [2.24, 2.45) is 5.92 Å². The molecule has 1 unspecified atom stereocenters. The maximum absolute atomic E-state index is 13.5. The van der Waals surface area contributed by atoms with Gasteiger partial charge in [0.25, 0.3) is 0 Å². The standard InChI is InChI=1S/C25H34N2O4S2/c1-18-14-19(2)24(20(3)15-18)33(29,30)27-10-8-21(9-11-27)25(28)26(16-22-6-4-12-31-22)17-23-7-5-13-32-23/h5,7,13-15,21-22H,4,6,8-12,16-17H2,1-3H3. The highest BCUT2D eigenvalue weighted by Crippen LogP contribution is 2.30. The van der Waals surface area contributed by atoms with Crippen molar-refractivity contribution in [1.82, 2.24) is 9.21 Å². The number of rotatable bonds is 7. The lowest BCUT2D eigenvalue weighted by molar-refractivity contribution is -0.139. The molecule has 0 radical (unpaired) electrons. The first-order chi connectivity index (χ1) is 15.8. The molecule has 0 N–H and O–H groups in total. The van der Waals surface area contributed by atoms with Crippen molar-refractivity contribution in [3.05, 3.63) is 51.2 Å². The van der Waals surface area contributed by atoms with Gasteiger partial charge in [-0.15, -0.1) is 11.3 Å². The first-order valence-electron chi connectivity index (χ1n) is 11.8. The second-order valence-electron chi connectivity index (χ2n) is 9.34. The smallest absolute Gasteiger partial charge is 0.243 e. The maximum atomic E-state index is 13.5. The second-order valence-corrected chi connectivity index (χ2v) is 12.2. The van der Waals surface area contributed by atoms with E-state index < -0.39 is 10.0 Å². The predicted octanol–water partition coefficient (Wildman–Crippen LogP) is 4.28. The van der Waals surface area contributed by atoms with Crippen LogP contribution in [-0.2, 0) is 26.1 Å². The van der Waals surface area contributed by atoms with Gasteiger partial charge in [0.2, 0.25) is 15.9 Å². The Kier molecular flexibility index (Phi) is 7.58. The Morgan fingerprint density at radius 2 is 1.85 bits per heavy atom. The lowest BCUT2D eigenvalue weighted by Crippen LogP contribution is -2.46. The Morgan fingerprint density at radius 1 is 1.15 bits per heavy atom. The van der Waals surface area contributed by atoms with Gasteiger partial charge in [-0.3, -0.25) is 4.79 Å². The highest BCUT2D eigenvalue weighted by molar-refractivity contribution is 7.89. The molecule has 3 heterocycles.